The zero-order chi connectivity index (χ0) is 10.5. The van der Waals surface area contributed by atoms with Crippen molar-refractivity contribution in [2.75, 3.05) is 11.5 Å². The van der Waals surface area contributed by atoms with Crippen LogP contribution in [0, 0.1) is 17.5 Å². The van der Waals surface area contributed by atoms with Crippen LogP contribution in [0.5, 0.6) is 0 Å². The summed E-state index contributed by atoms with van der Waals surface area (Å²) in [4.78, 5) is 3.41. The number of aromatic nitrogens is 1. The largest absolute Gasteiger partial charge is 0.420 e. The average Bonchev–Trinajstić information content (AvgIpc) is 2.54. The highest BCUT2D eigenvalue weighted by molar-refractivity contribution is 5.87. The highest BCUT2D eigenvalue weighted by Crippen LogP contribution is 2.30. The van der Waals surface area contributed by atoms with Gasteiger partial charge in [0, 0.05) is 0 Å². The van der Waals surface area contributed by atoms with Crippen LogP contribution in [0.4, 0.5) is 24.9 Å². The molecule has 0 aliphatic heterocycles. The molecule has 0 aliphatic rings. The van der Waals surface area contributed by atoms with Gasteiger partial charge in [-0.3, -0.25) is 0 Å². The molecular formula is C7H4F3N3O. The van der Waals surface area contributed by atoms with Crippen LogP contribution in [0.25, 0.3) is 11.1 Å². The maximum absolute atomic E-state index is 13.0. The van der Waals surface area contributed by atoms with Gasteiger partial charge in [0.1, 0.15) is 11.2 Å². The molecule has 1 aromatic carbocycles. The number of benzene rings is 1. The van der Waals surface area contributed by atoms with Crippen molar-refractivity contribution in [2.45, 2.75) is 0 Å². The van der Waals surface area contributed by atoms with Gasteiger partial charge >= 0.3 is 0 Å². The van der Waals surface area contributed by atoms with Crippen molar-refractivity contribution < 1.29 is 17.6 Å². The number of hydrogen-bond acceptors (Lipinski definition) is 4. The maximum Gasteiger partial charge on any atom is 0.293 e. The first kappa shape index (κ1) is 8.67. The number of nitrogen functional groups attached to an aromatic ring is 2. The van der Waals surface area contributed by atoms with E-state index in [1.165, 1.54) is 0 Å². The molecular weight excluding hydrogens is 199 g/mol. The highest BCUT2D eigenvalue weighted by atomic mass is 19.2. The van der Waals surface area contributed by atoms with Crippen LogP contribution in [-0.4, -0.2) is 4.98 Å². The van der Waals surface area contributed by atoms with Crippen molar-refractivity contribution in [3.05, 3.63) is 17.5 Å². The van der Waals surface area contributed by atoms with E-state index in [9.17, 15) is 13.2 Å². The fourth-order valence-corrected chi connectivity index (χ4v) is 1.09. The molecule has 0 aliphatic carbocycles. The molecule has 7 heteroatoms. The molecule has 2 rings (SSSR count). The molecule has 0 amide bonds. The molecule has 0 unspecified atom stereocenters. The number of hydrogen-bond donors (Lipinski definition) is 2. The third-order valence-corrected chi connectivity index (χ3v) is 1.72. The van der Waals surface area contributed by atoms with Crippen LogP contribution < -0.4 is 11.5 Å². The zero-order valence-electron chi connectivity index (χ0n) is 6.64. The average molecular weight is 203 g/mol. The lowest BCUT2D eigenvalue weighted by Gasteiger charge is -1.99. The van der Waals surface area contributed by atoms with E-state index in [2.05, 4.69) is 9.40 Å². The molecule has 0 atom stereocenters. The summed E-state index contributed by atoms with van der Waals surface area (Å²) >= 11 is 0. The van der Waals surface area contributed by atoms with Gasteiger partial charge in [-0.25, -0.2) is 8.78 Å². The number of nitrogens with two attached hydrogens (primary N) is 2. The Bertz CT molecular complexity index is 478. The second-order valence-corrected chi connectivity index (χ2v) is 2.59. The van der Waals surface area contributed by atoms with Gasteiger partial charge in [-0.2, -0.15) is 9.37 Å². The van der Waals surface area contributed by atoms with Gasteiger partial charge in [-0.05, 0) is 0 Å². The molecule has 0 saturated carbocycles. The number of oxazole rings is 1. The van der Waals surface area contributed by atoms with Crippen LogP contribution >= 0.6 is 0 Å². The summed E-state index contributed by atoms with van der Waals surface area (Å²) in [5.41, 5.74) is 8.69. The SMILES string of the molecule is Nc1nc2c(N)c(F)c(F)c(F)c2o1. The van der Waals surface area contributed by atoms with Crippen molar-refractivity contribution in [3.63, 3.8) is 0 Å². The lowest BCUT2D eigenvalue weighted by Crippen LogP contribution is -1.99. The maximum atomic E-state index is 13.0. The topological polar surface area (TPSA) is 78.1 Å². The van der Waals surface area contributed by atoms with Gasteiger partial charge in [-0.1, -0.05) is 0 Å². The summed E-state index contributed by atoms with van der Waals surface area (Å²) in [5.74, 6) is -4.69. The quantitative estimate of drug-likeness (QED) is 0.501. The van der Waals surface area contributed by atoms with E-state index in [0.717, 1.165) is 0 Å². The van der Waals surface area contributed by atoms with Gasteiger partial charge < -0.3 is 15.9 Å². The third-order valence-electron chi connectivity index (χ3n) is 1.72. The second-order valence-electron chi connectivity index (χ2n) is 2.59. The Morgan fingerprint density at radius 2 is 1.64 bits per heavy atom. The molecule has 1 heterocycles. The lowest BCUT2D eigenvalue weighted by atomic mass is 10.2. The number of anilines is 2. The van der Waals surface area contributed by atoms with Gasteiger partial charge in [0.25, 0.3) is 6.01 Å². The molecule has 0 spiro atoms. The van der Waals surface area contributed by atoms with Crippen LogP contribution in [0.2, 0.25) is 0 Å². The Morgan fingerprint density at radius 3 is 2.29 bits per heavy atom. The van der Waals surface area contributed by atoms with Crippen molar-refractivity contribution in [3.8, 4) is 0 Å². The Hall–Kier alpha value is -1.92. The van der Waals surface area contributed by atoms with Crippen LogP contribution in [0.1, 0.15) is 0 Å². The van der Waals surface area contributed by atoms with E-state index < -0.39 is 34.7 Å². The van der Waals surface area contributed by atoms with Crippen molar-refractivity contribution in [2.24, 2.45) is 0 Å². The molecule has 4 N–H and O–H groups in total. The summed E-state index contributed by atoms with van der Waals surface area (Å²) < 4.78 is 43.2. The highest BCUT2D eigenvalue weighted by Gasteiger charge is 2.22. The summed E-state index contributed by atoms with van der Waals surface area (Å²) in [7, 11) is 0. The van der Waals surface area contributed by atoms with Gasteiger partial charge in [0.2, 0.25) is 11.6 Å². The number of halogens is 3. The van der Waals surface area contributed by atoms with Gasteiger partial charge in [-0.15, -0.1) is 0 Å². The third kappa shape index (κ3) is 0.918. The normalized spacial score (nSPS) is 11.1. The van der Waals surface area contributed by atoms with E-state index in [0.29, 0.717) is 0 Å². The zero-order valence-corrected chi connectivity index (χ0v) is 6.64. The first-order valence-corrected chi connectivity index (χ1v) is 3.50. The van der Waals surface area contributed by atoms with E-state index in [1.54, 1.807) is 0 Å². The Morgan fingerprint density at radius 1 is 1.00 bits per heavy atom. The molecule has 4 nitrogen and oxygen atoms in total. The summed E-state index contributed by atoms with van der Waals surface area (Å²) in [6.45, 7) is 0. The van der Waals surface area contributed by atoms with Crippen LogP contribution in [0.3, 0.4) is 0 Å². The van der Waals surface area contributed by atoms with Gasteiger partial charge in [0.15, 0.2) is 11.4 Å². The van der Waals surface area contributed by atoms with E-state index in [1.807, 2.05) is 0 Å². The fourth-order valence-electron chi connectivity index (χ4n) is 1.09. The minimum Gasteiger partial charge on any atom is -0.420 e. The smallest absolute Gasteiger partial charge is 0.293 e. The summed E-state index contributed by atoms with van der Waals surface area (Å²) in [6.07, 6.45) is 0. The second kappa shape index (κ2) is 2.53. The Labute approximate surface area is 75.3 Å². The molecule has 0 radical (unpaired) electrons. The molecule has 74 valence electrons. The number of fused-ring (bicyclic) bond motifs is 1. The first-order valence-electron chi connectivity index (χ1n) is 3.50. The van der Waals surface area contributed by atoms with Crippen LogP contribution in [0.15, 0.2) is 4.42 Å². The minimum atomic E-state index is -1.70. The van der Waals surface area contributed by atoms with E-state index in [4.69, 9.17) is 11.5 Å². The standard InChI is InChI=1S/C7H4F3N3O/c8-1-2(9)4(11)5-6(3(1)10)14-7(12)13-5/h11H2,(H2,12,13). The van der Waals surface area contributed by atoms with Gasteiger partial charge in [0.05, 0.1) is 0 Å². The molecule has 1 aromatic heterocycles. The first-order chi connectivity index (χ1) is 6.52. The molecule has 14 heavy (non-hydrogen) atoms. The summed E-state index contributed by atoms with van der Waals surface area (Å²) in [5, 5.41) is 0. The van der Waals surface area contributed by atoms with Crippen molar-refractivity contribution in [1.82, 2.24) is 4.98 Å². The summed E-state index contributed by atoms with van der Waals surface area (Å²) in [6, 6.07) is -0.407. The fraction of sp³-hybridized carbons (Fsp3) is 0. The van der Waals surface area contributed by atoms with E-state index >= 15 is 0 Å². The molecule has 0 bridgehead atoms. The van der Waals surface area contributed by atoms with Crippen molar-refractivity contribution in [1.29, 1.82) is 0 Å². The predicted molar refractivity (Wildman–Crippen MR) is 42.7 cm³/mol. The molecule has 2 aromatic rings. The molecule has 0 saturated heterocycles. The number of rotatable bonds is 0. The number of nitrogens with zero attached hydrogens (tertiary/aromatic N) is 1. The minimum absolute atomic E-state index is 0.320. The Kier molecular flexibility index (Phi) is 1.57. The van der Waals surface area contributed by atoms with Crippen molar-refractivity contribution >= 4 is 22.8 Å². The van der Waals surface area contributed by atoms with E-state index in [-0.39, 0.29) is 5.52 Å². The molecule has 0 fully saturated rings. The van der Waals surface area contributed by atoms with Crippen LogP contribution in [-0.2, 0) is 0 Å². The predicted octanol–water partition coefficient (Wildman–Crippen LogP) is 1.41. The lowest BCUT2D eigenvalue weighted by molar-refractivity contribution is 0.445. The Balaban J connectivity index is 3.01. The monoisotopic (exact) mass is 203 g/mol.